The summed E-state index contributed by atoms with van der Waals surface area (Å²) in [6.45, 7) is 3.81. The number of anilines is 1. The fourth-order valence-electron chi connectivity index (χ4n) is 1.77. The number of aryl methyl sites for hydroxylation is 2. The molecule has 0 aliphatic rings. The van der Waals surface area contributed by atoms with Crippen LogP contribution in [0.3, 0.4) is 0 Å². The van der Waals surface area contributed by atoms with E-state index in [2.05, 4.69) is 10.3 Å². The third kappa shape index (κ3) is 3.99. The van der Waals surface area contributed by atoms with Crippen LogP contribution in [0, 0.1) is 13.8 Å². The van der Waals surface area contributed by atoms with Gasteiger partial charge in [-0.15, -0.1) is 11.3 Å². The van der Waals surface area contributed by atoms with Crippen molar-refractivity contribution in [3.05, 3.63) is 39.8 Å². The molecule has 0 spiro atoms. The van der Waals surface area contributed by atoms with E-state index in [1.807, 2.05) is 26.0 Å². The van der Waals surface area contributed by atoms with Gasteiger partial charge in [-0.2, -0.15) is 0 Å². The number of nitrogens with one attached hydrogen (secondary N) is 1. The maximum Gasteiger partial charge on any atom is 0.267 e. The number of hydrogen-bond acceptors (Lipinski definition) is 5. The van der Waals surface area contributed by atoms with Crippen molar-refractivity contribution in [3.8, 4) is 5.75 Å². The fourth-order valence-corrected chi connectivity index (χ4v) is 2.64. The van der Waals surface area contributed by atoms with Crippen molar-refractivity contribution in [2.24, 2.45) is 5.73 Å². The number of thiocarbonyl (C=S) groups is 1. The van der Waals surface area contributed by atoms with Gasteiger partial charge in [-0.05, 0) is 26.0 Å². The van der Waals surface area contributed by atoms with Crippen LogP contribution < -0.4 is 15.8 Å². The van der Waals surface area contributed by atoms with Gasteiger partial charge in [-0.1, -0.05) is 24.4 Å². The predicted octanol–water partition coefficient (Wildman–Crippen LogP) is 2.68. The SMILES string of the molecule is Cc1nc(C)c(C(=O)Nc2ccccc2OCC(N)=S)s1. The van der Waals surface area contributed by atoms with Crippen LogP contribution in [-0.4, -0.2) is 22.5 Å². The lowest BCUT2D eigenvalue weighted by molar-refractivity contribution is 0.102. The van der Waals surface area contributed by atoms with Crippen LogP contribution in [0.4, 0.5) is 5.69 Å². The molecule has 5 nitrogen and oxygen atoms in total. The Morgan fingerprint density at radius 1 is 1.43 bits per heavy atom. The van der Waals surface area contributed by atoms with Gasteiger partial charge < -0.3 is 15.8 Å². The van der Waals surface area contributed by atoms with Crippen molar-refractivity contribution >= 4 is 40.1 Å². The van der Waals surface area contributed by atoms with E-state index in [-0.39, 0.29) is 17.5 Å². The van der Waals surface area contributed by atoms with E-state index in [4.69, 9.17) is 22.7 Å². The van der Waals surface area contributed by atoms with Crippen LogP contribution in [-0.2, 0) is 0 Å². The van der Waals surface area contributed by atoms with Gasteiger partial charge in [0.15, 0.2) is 0 Å². The molecule has 1 amide bonds. The van der Waals surface area contributed by atoms with Crippen LogP contribution in [0.2, 0.25) is 0 Å². The van der Waals surface area contributed by atoms with E-state index in [1.54, 1.807) is 12.1 Å². The lowest BCUT2D eigenvalue weighted by atomic mass is 10.2. The highest BCUT2D eigenvalue weighted by molar-refractivity contribution is 7.80. The van der Waals surface area contributed by atoms with Crippen molar-refractivity contribution in [2.75, 3.05) is 11.9 Å². The van der Waals surface area contributed by atoms with Gasteiger partial charge in [0, 0.05) is 0 Å². The first-order valence-electron chi connectivity index (χ1n) is 6.23. The topological polar surface area (TPSA) is 77.2 Å². The summed E-state index contributed by atoms with van der Waals surface area (Å²) in [4.78, 5) is 17.4. The number of aromatic nitrogens is 1. The molecular weight excluding hydrogens is 306 g/mol. The predicted molar refractivity (Wildman–Crippen MR) is 88.3 cm³/mol. The molecule has 0 aliphatic carbocycles. The minimum atomic E-state index is -0.204. The summed E-state index contributed by atoms with van der Waals surface area (Å²) in [6, 6.07) is 7.13. The first-order chi connectivity index (χ1) is 9.97. The van der Waals surface area contributed by atoms with Gasteiger partial charge in [-0.25, -0.2) is 4.98 Å². The summed E-state index contributed by atoms with van der Waals surface area (Å²) < 4.78 is 5.48. The summed E-state index contributed by atoms with van der Waals surface area (Å²) in [5.74, 6) is 0.321. The number of hydrogen-bond donors (Lipinski definition) is 2. The maximum absolute atomic E-state index is 12.3. The van der Waals surface area contributed by atoms with Crippen molar-refractivity contribution in [2.45, 2.75) is 13.8 Å². The highest BCUT2D eigenvalue weighted by atomic mass is 32.1. The lowest BCUT2D eigenvalue weighted by Gasteiger charge is -2.11. The second-order valence-electron chi connectivity index (χ2n) is 4.35. The van der Waals surface area contributed by atoms with E-state index in [0.717, 1.165) is 10.7 Å². The van der Waals surface area contributed by atoms with Crippen LogP contribution in [0.15, 0.2) is 24.3 Å². The van der Waals surface area contributed by atoms with E-state index in [0.29, 0.717) is 16.3 Å². The molecule has 7 heteroatoms. The standard InChI is InChI=1S/C14H15N3O2S2/c1-8-13(21-9(2)16-8)14(18)17-10-5-3-4-6-11(10)19-7-12(15)20/h3-6H,7H2,1-2H3,(H2,15,20)(H,17,18). The second-order valence-corrected chi connectivity index (χ2v) is 6.08. The number of nitrogens with zero attached hydrogens (tertiary/aromatic N) is 1. The maximum atomic E-state index is 12.3. The average molecular weight is 321 g/mol. The Balaban J connectivity index is 2.17. The van der Waals surface area contributed by atoms with E-state index in [9.17, 15) is 4.79 Å². The molecule has 0 unspecified atom stereocenters. The van der Waals surface area contributed by atoms with Crippen LogP contribution in [0.5, 0.6) is 5.75 Å². The molecule has 0 aliphatic heterocycles. The van der Waals surface area contributed by atoms with Crippen LogP contribution >= 0.6 is 23.6 Å². The molecule has 0 bridgehead atoms. The molecule has 0 atom stereocenters. The largest absolute Gasteiger partial charge is 0.484 e. The van der Waals surface area contributed by atoms with Crippen molar-refractivity contribution < 1.29 is 9.53 Å². The van der Waals surface area contributed by atoms with Crippen molar-refractivity contribution in [1.82, 2.24) is 4.98 Å². The first-order valence-corrected chi connectivity index (χ1v) is 7.45. The van der Waals surface area contributed by atoms with E-state index >= 15 is 0 Å². The van der Waals surface area contributed by atoms with Crippen molar-refractivity contribution in [3.63, 3.8) is 0 Å². The molecule has 1 heterocycles. The number of nitrogens with two attached hydrogens (primary N) is 1. The summed E-state index contributed by atoms with van der Waals surface area (Å²) in [5.41, 5.74) is 6.71. The molecule has 0 fully saturated rings. The Labute approximate surface area is 132 Å². The van der Waals surface area contributed by atoms with Gasteiger partial charge in [-0.3, -0.25) is 4.79 Å². The Morgan fingerprint density at radius 2 is 2.14 bits per heavy atom. The summed E-state index contributed by atoms with van der Waals surface area (Å²) in [7, 11) is 0. The third-order valence-corrected chi connectivity index (χ3v) is 3.80. The lowest BCUT2D eigenvalue weighted by Crippen LogP contribution is -2.19. The number of amides is 1. The Bertz CT molecular complexity index is 683. The zero-order valence-electron chi connectivity index (χ0n) is 11.7. The summed E-state index contributed by atoms with van der Waals surface area (Å²) >= 11 is 6.14. The molecule has 1 aromatic heterocycles. The van der Waals surface area contributed by atoms with Crippen LogP contribution in [0.25, 0.3) is 0 Å². The number of carbonyl (C=O) groups is 1. The molecule has 3 N–H and O–H groups in total. The van der Waals surface area contributed by atoms with Crippen molar-refractivity contribution in [1.29, 1.82) is 0 Å². The Morgan fingerprint density at radius 3 is 2.76 bits per heavy atom. The van der Waals surface area contributed by atoms with Gasteiger partial charge in [0.1, 0.15) is 22.2 Å². The van der Waals surface area contributed by atoms with Gasteiger partial charge in [0.2, 0.25) is 0 Å². The van der Waals surface area contributed by atoms with E-state index in [1.165, 1.54) is 11.3 Å². The molecule has 2 aromatic rings. The highest BCUT2D eigenvalue weighted by Gasteiger charge is 2.15. The highest BCUT2D eigenvalue weighted by Crippen LogP contribution is 2.26. The number of benzene rings is 1. The average Bonchev–Trinajstić information content (AvgIpc) is 2.76. The number of rotatable bonds is 5. The molecule has 1 aromatic carbocycles. The van der Waals surface area contributed by atoms with Gasteiger partial charge in [0.05, 0.1) is 16.4 Å². The monoisotopic (exact) mass is 321 g/mol. The second kappa shape index (κ2) is 6.64. The minimum Gasteiger partial charge on any atom is -0.484 e. The minimum absolute atomic E-state index is 0.126. The zero-order chi connectivity index (χ0) is 15.4. The zero-order valence-corrected chi connectivity index (χ0v) is 13.3. The summed E-state index contributed by atoms with van der Waals surface area (Å²) in [6.07, 6.45) is 0. The van der Waals surface area contributed by atoms with E-state index < -0.39 is 0 Å². The molecule has 0 radical (unpaired) electrons. The number of thiazole rings is 1. The fraction of sp³-hybridized carbons (Fsp3) is 0.214. The molecule has 2 rings (SSSR count). The quantitative estimate of drug-likeness (QED) is 0.828. The molecule has 110 valence electrons. The number of carbonyl (C=O) groups excluding carboxylic acids is 1. The first kappa shape index (κ1) is 15.4. The molecule has 0 saturated heterocycles. The molecule has 21 heavy (non-hydrogen) atoms. The number of ether oxygens (including phenoxy) is 1. The molecular formula is C14H15N3O2S2. The summed E-state index contributed by atoms with van der Waals surface area (Å²) in [5, 5.41) is 3.68. The Kier molecular flexibility index (Phi) is 4.87. The third-order valence-electron chi connectivity index (χ3n) is 2.61. The van der Waals surface area contributed by atoms with Gasteiger partial charge >= 0.3 is 0 Å². The molecule has 0 saturated carbocycles. The van der Waals surface area contributed by atoms with Crippen LogP contribution in [0.1, 0.15) is 20.4 Å². The van der Waals surface area contributed by atoms with Gasteiger partial charge in [0.25, 0.3) is 5.91 Å². The Hall–Kier alpha value is -1.99. The smallest absolute Gasteiger partial charge is 0.267 e. The normalized spacial score (nSPS) is 10.2. The number of para-hydroxylation sites is 2.